The minimum absolute atomic E-state index is 0.0152. The molecule has 1 aliphatic rings. The Kier molecular flexibility index (Phi) is 4.39. The Morgan fingerprint density at radius 3 is 2.65 bits per heavy atom. The molecular formula is C21H18F2N2O. The van der Waals surface area contributed by atoms with E-state index in [2.05, 4.69) is 10.3 Å². The highest BCUT2D eigenvalue weighted by Gasteiger charge is 2.29. The maximum atomic E-state index is 13.8. The first-order valence-electron chi connectivity index (χ1n) is 8.43. The zero-order valence-corrected chi connectivity index (χ0v) is 14.2. The van der Waals surface area contributed by atoms with E-state index in [0.717, 1.165) is 28.9 Å². The lowest BCUT2D eigenvalue weighted by atomic mass is 9.84. The lowest BCUT2D eigenvalue weighted by molar-refractivity contribution is 0.408. The molecule has 1 aliphatic heterocycles. The number of hydrogen-bond acceptors (Lipinski definition) is 3. The first-order valence-corrected chi connectivity index (χ1v) is 8.43. The fourth-order valence-electron chi connectivity index (χ4n) is 3.50. The molecule has 0 bridgehead atoms. The molecule has 0 amide bonds. The fraction of sp³-hybridized carbons (Fsp3) is 0.190. The van der Waals surface area contributed by atoms with Gasteiger partial charge in [0.2, 0.25) is 0 Å². The Bertz CT molecular complexity index is 931. The molecule has 2 atom stereocenters. The van der Waals surface area contributed by atoms with Gasteiger partial charge in [-0.15, -0.1) is 0 Å². The van der Waals surface area contributed by atoms with Crippen molar-refractivity contribution in [3.05, 3.63) is 94.8 Å². The third-order valence-electron chi connectivity index (χ3n) is 4.82. The van der Waals surface area contributed by atoms with E-state index < -0.39 is 11.6 Å². The topological polar surface area (TPSA) is 34.1 Å². The molecule has 132 valence electrons. The molecule has 4 rings (SSSR count). The monoisotopic (exact) mass is 352 g/mol. The second kappa shape index (κ2) is 6.84. The summed E-state index contributed by atoms with van der Waals surface area (Å²) in [6.07, 6.45) is 4.32. The summed E-state index contributed by atoms with van der Waals surface area (Å²) >= 11 is 0. The lowest BCUT2D eigenvalue weighted by Crippen LogP contribution is -2.34. The summed E-state index contributed by atoms with van der Waals surface area (Å²) in [6.45, 7) is 0. The highest BCUT2D eigenvalue weighted by atomic mass is 19.2. The molecular weight excluding hydrogens is 334 g/mol. The molecule has 3 aromatic rings. The van der Waals surface area contributed by atoms with Crippen LogP contribution in [-0.2, 0) is 6.42 Å². The Morgan fingerprint density at radius 1 is 1.04 bits per heavy atom. The van der Waals surface area contributed by atoms with Crippen LogP contribution in [0.5, 0.6) is 5.75 Å². The van der Waals surface area contributed by atoms with E-state index in [4.69, 9.17) is 4.74 Å². The maximum Gasteiger partial charge on any atom is 0.159 e. The third kappa shape index (κ3) is 3.06. The Morgan fingerprint density at radius 2 is 1.92 bits per heavy atom. The SMILES string of the molecule is COc1ccc2c(c1)C[C@@H](c1cccnc1)N[C@H]2c1ccc(F)c(F)c1. The molecule has 0 radical (unpaired) electrons. The number of aromatic nitrogens is 1. The van der Waals surface area contributed by atoms with Crippen molar-refractivity contribution in [2.75, 3.05) is 7.11 Å². The van der Waals surface area contributed by atoms with Gasteiger partial charge in [-0.1, -0.05) is 18.2 Å². The summed E-state index contributed by atoms with van der Waals surface area (Å²) in [5.74, 6) is -0.911. The predicted octanol–water partition coefficient (Wildman–Crippen LogP) is 4.34. The zero-order valence-electron chi connectivity index (χ0n) is 14.2. The Hall–Kier alpha value is -2.79. The molecule has 1 N–H and O–H groups in total. The predicted molar refractivity (Wildman–Crippen MR) is 95.0 cm³/mol. The number of nitrogens with zero attached hydrogens (tertiary/aromatic N) is 1. The molecule has 0 saturated heterocycles. The zero-order chi connectivity index (χ0) is 18.1. The van der Waals surface area contributed by atoms with Crippen LogP contribution in [0.15, 0.2) is 60.9 Å². The molecule has 0 fully saturated rings. The van der Waals surface area contributed by atoms with Gasteiger partial charge >= 0.3 is 0 Å². The molecule has 3 nitrogen and oxygen atoms in total. The van der Waals surface area contributed by atoms with Gasteiger partial charge in [0.05, 0.1) is 13.2 Å². The van der Waals surface area contributed by atoms with Gasteiger partial charge in [0, 0.05) is 18.4 Å². The molecule has 2 heterocycles. The number of ether oxygens (including phenoxy) is 1. The minimum Gasteiger partial charge on any atom is -0.497 e. The Labute approximate surface area is 150 Å². The van der Waals surface area contributed by atoms with E-state index >= 15 is 0 Å². The van der Waals surface area contributed by atoms with Crippen LogP contribution in [0.25, 0.3) is 0 Å². The standard InChI is InChI=1S/C21H18F2N2O/c1-26-16-5-6-17-15(9-16)11-20(14-3-2-8-24-12-14)25-21(17)13-4-7-18(22)19(23)10-13/h2-10,12,20-21,25H,11H2,1H3/t20-,21-/m0/s1. The molecule has 1 aromatic heterocycles. The van der Waals surface area contributed by atoms with Crippen molar-refractivity contribution in [3.8, 4) is 5.75 Å². The third-order valence-corrected chi connectivity index (χ3v) is 4.82. The quantitative estimate of drug-likeness (QED) is 0.761. The van der Waals surface area contributed by atoms with Crippen molar-refractivity contribution < 1.29 is 13.5 Å². The second-order valence-electron chi connectivity index (χ2n) is 6.38. The molecule has 0 spiro atoms. The summed E-state index contributed by atoms with van der Waals surface area (Å²) in [5.41, 5.74) is 3.89. The maximum absolute atomic E-state index is 13.8. The average molecular weight is 352 g/mol. The van der Waals surface area contributed by atoms with Crippen LogP contribution in [0, 0.1) is 11.6 Å². The van der Waals surface area contributed by atoms with Gasteiger partial charge in [-0.2, -0.15) is 0 Å². The average Bonchev–Trinajstić information content (AvgIpc) is 2.69. The van der Waals surface area contributed by atoms with Crippen LogP contribution in [0.2, 0.25) is 0 Å². The lowest BCUT2D eigenvalue weighted by Gasteiger charge is -2.34. The van der Waals surface area contributed by atoms with Crippen LogP contribution in [0.1, 0.15) is 34.3 Å². The molecule has 0 aliphatic carbocycles. The van der Waals surface area contributed by atoms with Crippen LogP contribution in [0.3, 0.4) is 0 Å². The number of pyridine rings is 1. The smallest absolute Gasteiger partial charge is 0.159 e. The number of nitrogens with one attached hydrogen (secondary N) is 1. The number of methoxy groups -OCH3 is 1. The summed E-state index contributed by atoms with van der Waals surface area (Å²) < 4.78 is 32.6. The van der Waals surface area contributed by atoms with Crippen molar-refractivity contribution in [1.82, 2.24) is 10.3 Å². The van der Waals surface area contributed by atoms with E-state index in [0.29, 0.717) is 5.56 Å². The van der Waals surface area contributed by atoms with Crippen molar-refractivity contribution in [2.45, 2.75) is 18.5 Å². The van der Waals surface area contributed by atoms with Gasteiger partial charge in [0.15, 0.2) is 11.6 Å². The van der Waals surface area contributed by atoms with E-state index in [-0.39, 0.29) is 12.1 Å². The number of halogens is 2. The van der Waals surface area contributed by atoms with E-state index in [1.165, 1.54) is 12.1 Å². The van der Waals surface area contributed by atoms with Crippen molar-refractivity contribution in [2.24, 2.45) is 0 Å². The molecule has 2 aromatic carbocycles. The summed E-state index contributed by atoms with van der Waals surface area (Å²) in [4.78, 5) is 4.20. The minimum atomic E-state index is -0.845. The van der Waals surface area contributed by atoms with Gasteiger partial charge in [-0.05, 0) is 59.0 Å². The highest BCUT2D eigenvalue weighted by molar-refractivity contribution is 5.45. The van der Waals surface area contributed by atoms with Crippen LogP contribution < -0.4 is 10.1 Å². The normalized spacial score (nSPS) is 19.0. The van der Waals surface area contributed by atoms with Gasteiger partial charge in [-0.25, -0.2) is 8.78 Å². The summed E-state index contributed by atoms with van der Waals surface area (Å²) in [6, 6.07) is 13.6. The largest absolute Gasteiger partial charge is 0.497 e. The van der Waals surface area contributed by atoms with E-state index in [9.17, 15) is 8.78 Å². The number of rotatable bonds is 3. The van der Waals surface area contributed by atoms with Gasteiger partial charge in [0.1, 0.15) is 5.75 Å². The van der Waals surface area contributed by atoms with Gasteiger partial charge < -0.3 is 4.74 Å². The van der Waals surface area contributed by atoms with Crippen LogP contribution in [0.4, 0.5) is 8.78 Å². The summed E-state index contributed by atoms with van der Waals surface area (Å²) in [5, 5.41) is 3.56. The molecule has 26 heavy (non-hydrogen) atoms. The summed E-state index contributed by atoms with van der Waals surface area (Å²) in [7, 11) is 1.63. The van der Waals surface area contributed by atoms with Gasteiger partial charge in [0.25, 0.3) is 0 Å². The first kappa shape index (κ1) is 16.7. The van der Waals surface area contributed by atoms with Crippen molar-refractivity contribution in [3.63, 3.8) is 0 Å². The molecule has 0 unspecified atom stereocenters. The molecule has 5 heteroatoms. The first-order chi connectivity index (χ1) is 12.7. The number of hydrogen-bond donors (Lipinski definition) is 1. The highest BCUT2D eigenvalue weighted by Crippen LogP contribution is 2.37. The van der Waals surface area contributed by atoms with Crippen LogP contribution in [-0.4, -0.2) is 12.1 Å². The number of benzene rings is 2. The van der Waals surface area contributed by atoms with E-state index in [1.807, 2.05) is 36.5 Å². The second-order valence-corrected chi connectivity index (χ2v) is 6.38. The Balaban J connectivity index is 1.80. The van der Waals surface area contributed by atoms with Crippen LogP contribution >= 0.6 is 0 Å². The number of fused-ring (bicyclic) bond motifs is 1. The van der Waals surface area contributed by atoms with E-state index in [1.54, 1.807) is 19.4 Å². The molecule has 0 saturated carbocycles. The van der Waals surface area contributed by atoms with Crippen molar-refractivity contribution in [1.29, 1.82) is 0 Å². The van der Waals surface area contributed by atoms with Gasteiger partial charge in [-0.3, -0.25) is 10.3 Å². The van der Waals surface area contributed by atoms with Crippen molar-refractivity contribution >= 4 is 0 Å². The fourth-order valence-corrected chi connectivity index (χ4v) is 3.50.